The minimum atomic E-state index is -1.21. The van der Waals surface area contributed by atoms with E-state index in [0.29, 0.717) is 0 Å². The van der Waals surface area contributed by atoms with E-state index >= 15 is 0 Å². The second-order valence-corrected chi connectivity index (χ2v) is 7.68. The van der Waals surface area contributed by atoms with E-state index in [0.717, 1.165) is 0 Å². The number of carbonyl (C=O) groups excluding carboxylic acids is 4. The number of aliphatic carboxylic acids is 4. The predicted molar refractivity (Wildman–Crippen MR) is 138 cm³/mol. The summed E-state index contributed by atoms with van der Waals surface area (Å²) in [6.45, 7) is -0.613. The molecule has 0 saturated heterocycles. The number of amides is 3. The fraction of sp³-hybridized carbons (Fsp3) is 0.600. The standard InChI is InChI=1S/C5H10N2O4.3C5H10N2O3/c6-1-4(8)11-2-3(7)5(9)10;3*6-3(5(9)10)1-2-4(7)8/h3H,1-2,6-7H2,(H,9,10);3*3H,1-2,6H2,(H2,7,8)(H,9,10)/t4*3-/m0000/s1. The van der Waals surface area contributed by atoms with Gasteiger partial charge in [-0.3, -0.25) is 38.4 Å². The van der Waals surface area contributed by atoms with Gasteiger partial charge in [-0.1, -0.05) is 0 Å². The van der Waals surface area contributed by atoms with Crippen LogP contribution in [0.3, 0.4) is 0 Å². The van der Waals surface area contributed by atoms with Gasteiger partial charge in [-0.2, -0.15) is 0 Å². The van der Waals surface area contributed by atoms with Crippen LogP contribution in [0, 0.1) is 0 Å². The number of nitrogens with two attached hydrogens (primary N) is 8. The Balaban J connectivity index is -0.000000223. The lowest BCUT2D eigenvalue weighted by Gasteiger charge is -2.05. The Kier molecular flexibility index (Phi) is 27.5. The van der Waals surface area contributed by atoms with Gasteiger partial charge in [0.1, 0.15) is 30.8 Å². The van der Waals surface area contributed by atoms with Crippen molar-refractivity contribution in [2.45, 2.75) is 62.7 Å². The topological polar surface area (TPSA) is 435 Å². The number of rotatable bonds is 16. The lowest BCUT2D eigenvalue weighted by Crippen LogP contribution is -2.36. The molecule has 21 heteroatoms. The first-order valence-electron chi connectivity index (χ1n) is 11.3. The van der Waals surface area contributed by atoms with Gasteiger partial charge in [-0.25, -0.2) is 0 Å². The van der Waals surface area contributed by atoms with Gasteiger partial charge in [0.05, 0.1) is 6.54 Å². The number of hydrogen-bond acceptors (Lipinski definition) is 14. The van der Waals surface area contributed by atoms with Crippen LogP contribution >= 0.6 is 0 Å². The number of carbonyl (C=O) groups is 8. The molecule has 0 unspecified atom stereocenters. The third-order valence-electron chi connectivity index (χ3n) is 3.96. The number of hydrogen-bond donors (Lipinski definition) is 12. The summed E-state index contributed by atoms with van der Waals surface area (Å²) in [4.78, 5) is 80.8. The minimum absolute atomic E-state index is 0.0213. The van der Waals surface area contributed by atoms with Crippen LogP contribution in [0.15, 0.2) is 0 Å². The molecule has 0 heterocycles. The molecule has 0 aliphatic rings. The Morgan fingerprint density at radius 3 is 0.927 bits per heavy atom. The van der Waals surface area contributed by atoms with Gasteiger partial charge < -0.3 is 71.0 Å². The smallest absolute Gasteiger partial charge is 0.324 e. The zero-order valence-electron chi connectivity index (χ0n) is 22.0. The molecular weight excluding hydrogens is 560 g/mol. The van der Waals surface area contributed by atoms with Crippen molar-refractivity contribution < 1.29 is 63.5 Å². The van der Waals surface area contributed by atoms with Crippen molar-refractivity contribution in [3.05, 3.63) is 0 Å². The van der Waals surface area contributed by atoms with Gasteiger partial charge in [0.15, 0.2) is 0 Å². The molecule has 0 aromatic heterocycles. The monoisotopic (exact) mass is 600 g/mol. The largest absolute Gasteiger partial charge is 0.480 e. The molecule has 20 N–H and O–H groups in total. The van der Waals surface area contributed by atoms with Crippen LogP contribution in [0.4, 0.5) is 0 Å². The molecule has 0 saturated carbocycles. The van der Waals surface area contributed by atoms with Crippen molar-refractivity contribution in [3.63, 3.8) is 0 Å². The highest BCUT2D eigenvalue weighted by atomic mass is 16.5. The summed E-state index contributed by atoms with van der Waals surface area (Å²) in [5, 5.41) is 32.9. The van der Waals surface area contributed by atoms with E-state index in [9.17, 15) is 38.4 Å². The van der Waals surface area contributed by atoms with Crippen LogP contribution in [0.2, 0.25) is 0 Å². The Labute approximate surface area is 233 Å². The molecule has 0 aliphatic carbocycles. The van der Waals surface area contributed by atoms with Crippen molar-refractivity contribution >= 4 is 47.6 Å². The highest BCUT2D eigenvalue weighted by Crippen LogP contribution is 1.94. The maximum absolute atomic E-state index is 10.3. The van der Waals surface area contributed by atoms with Crippen molar-refractivity contribution in [1.82, 2.24) is 0 Å². The fourth-order valence-corrected chi connectivity index (χ4v) is 1.58. The first kappa shape index (κ1) is 43.6. The first-order valence-corrected chi connectivity index (χ1v) is 11.3. The van der Waals surface area contributed by atoms with E-state index in [4.69, 9.17) is 66.3 Å². The zero-order valence-corrected chi connectivity index (χ0v) is 22.0. The molecule has 0 aromatic rings. The van der Waals surface area contributed by atoms with Gasteiger partial charge in [0.2, 0.25) is 17.7 Å². The molecule has 0 fully saturated rings. The average Bonchev–Trinajstić information content (AvgIpc) is 2.87. The summed E-state index contributed by atoms with van der Waals surface area (Å²) in [6.07, 6.45) is 0.369. The molecule has 0 aliphatic heterocycles. The molecule has 0 spiro atoms. The molecule has 0 rings (SSSR count). The van der Waals surface area contributed by atoms with E-state index in [1.165, 1.54) is 0 Å². The van der Waals surface area contributed by atoms with Crippen LogP contribution in [-0.4, -0.2) is 105 Å². The van der Waals surface area contributed by atoms with Gasteiger partial charge in [-0.05, 0) is 19.3 Å². The highest BCUT2D eigenvalue weighted by Gasteiger charge is 2.14. The second kappa shape index (κ2) is 25.8. The van der Waals surface area contributed by atoms with Crippen molar-refractivity contribution in [3.8, 4) is 0 Å². The van der Waals surface area contributed by atoms with Crippen molar-refractivity contribution in [1.29, 1.82) is 0 Å². The quantitative estimate of drug-likeness (QED) is 0.0732. The third-order valence-corrected chi connectivity index (χ3v) is 3.96. The SMILES string of the molecule is NC(=O)CC[C@H](N)C(=O)O.NC(=O)CC[C@H](N)C(=O)O.NC(=O)CC[C@H](N)C(=O)O.NCC(=O)OC[C@H](N)C(=O)O. The molecular formula is C20H40N8O13. The molecule has 0 bridgehead atoms. The number of primary amides is 3. The molecule has 238 valence electrons. The van der Waals surface area contributed by atoms with Gasteiger partial charge >= 0.3 is 29.8 Å². The molecule has 41 heavy (non-hydrogen) atoms. The van der Waals surface area contributed by atoms with Crippen molar-refractivity contribution in [2.24, 2.45) is 45.9 Å². The van der Waals surface area contributed by atoms with Crippen LogP contribution < -0.4 is 45.9 Å². The number of carboxylic acids is 4. The number of esters is 1. The molecule has 3 amide bonds. The molecule has 4 atom stereocenters. The molecule has 0 radical (unpaired) electrons. The Morgan fingerprint density at radius 2 is 0.756 bits per heavy atom. The first-order chi connectivity index (χ1) is 18.7. The van der Waals surface area contributed by atoms with Gasteiger partial charge in [0, 0.05) is 19.3 Å². The fourth-order valence-electron chi connectivity index (χ4n) is 1.58. The predicted octanol–water partition coefficient (Wildman–Crippen LogP) is -6.11. The lowest BCUT2D eigenvalue weighted by molar-refractivity contribution is -0.147. The Morgan fingerprint density at radius 1 is 0.512 bits per heavy atom. The maximum atomic E-state index is 10.3. The van der Waals surface area contributed by atoms with E-state index < -0.39 is 71.7 Å². The van der Waals surface area contributed by atoms with E-state index in [2.05, 4.69) is 4.74 Å². The zero-order chi connectivity index (χ0) is 33.3. The van der Waals surface area contributed by atoms with E-state index in [1.807, 2.05) is 0 Å². The second-order valence-electron chi connectivity index (χ2n) is 7.68. The molecule has 0 aromatic carbocycles. The van der Waals surface area contributed by atoms with Gasteiger partial charge in [0.25, 0.3) is 0 Å². The third kappa shape index (κ3) is 35.6. The highest BCUT2D eigenvalue weighted by molar-refractivity contribution is 5.78. The average molecular weight is 601 g/mol. The van der Waals surface area contributed by atoms with Gasteiger partial charge in [-0.15, -0.1) is 0 Å². The number of carboxylic acid groups (broad SMARTS) is 4. The maximum Gasteiger partial charge on any atom is 0.324 e. The van der Waals surface area contributed by atoms with Crippen molar-refractivity contribution in [2.75, 3.05) is 13.2 Å². The number of ether oxygens (including phenoxy) is 1. The minimum Gasteiger partial charge on any atom is -0.480 e. The Hall–Kier alpha value is -4.44. The van der Waals surface area contributed by atoms with E-state index in [-0.39, 0.29) is 51.7 Å². The summed E-state index contributed by atoms with van der Waals surface area (Å²) >= 11 is 0. The van der Waals surface area contributed by atoms with Crippen LogP contribution in [-0.2, 0) is 43.1 Å². The van der Waals surface area contributed by atoms with Crippen LogP contribution in [0.25, 0.3) is 0 Å². The molecule has 21 nitrogen and oxygen atoms in total. The summed E-state index contributed by atoms with van der Waals surface area (Å²) < 4.78 is 4.34. The normalized spacial score (nSPS) is 12.4. The van der Waals surface area contributed by atoms with Crippen LogP contribution in [0.5, 0.6) is 0 Å². The Bertz CT molecular complexity index is 791. The lowest BCUT2D eigenvalue weighted by atomic mass is 10.2. The summed E-state index contributed by atoms with van der Waals surface area (Å²) in [5.74, 6) is -6.80. The summed E-state index contributed by atoms with van der Waals surface area (Å²) in [6, 6.07) is -4.11. The van der Waals surface area contributed by atoms with Crippen LogP contribution in [0.1, 0.15) is 38.5 Å². The van der Waals surface area contributed by atoms with E-state index in [1.54, 1.807) is 0 Å². The summed E-state index contributed by atoms with van der Waals surface area (Å²) in [7, 11) is 0. The summed E-state index contributed by atoms with van der Waals surface area (Å²) in [5.41, 5.74) is 39.3.